The number of carbonyl (C=O) groups excluding carboxylic acids is 1. The number of nitrogens with one attached hydrogen (secondary N) is 1. The minimum Gasteiger partial charge on any atom is -0.478 e. The van der Waals surface area contributed by atoms with Crippen LogP contribution >= 0.6 is 0 Å². The number of aliphatic hydroxyl groups is 1. The highest BCUT2D eigenvalue weighted by Crippen LogP contribution is 2.17. The van der Waals surface area contributed by atoms with Crippen molar-refractivity contribution in [3.8, 4) is 0 Å². The van der Waals surface area contributed by atoms with Crippen molar-refractivity contribution in [3.63, 3.8) is 0 Å². The Bertz CT molecular complexity index is 909. The van der Waals surface area contributed by atoms with Gasteiger partial charge in [0.1, 0.15) is 5.60 Å². The van der Waals surface area contributed by atoms with Gasteiger partial charge in [0, 0.05) is 50.3 Å². The van der Waals surface area contributed by atoms with Gasteiger partial charge in [-0.1, -0.05) is 0 Å². The Hall–Kier alpha value is -3.54. The van der Waals surface area contributed by atoms with Crippen molar-refractivity contribution in [2.75, 3.05) is 31.1 Å². The number of nitrogens with zero attached hydrogens (tertiary/aromatic N) is 6. The molecule has 12 heteroatoms. The van der Waals surface area contributed by atoms with Gasteiger partial charge in [-0.15, -0.1) is 0 Å². The van der Waals surface area contributed by atoms with Gasteiger partial charge in [0.05, 0.1) is 18.2 Å². The summed E-state index contributed by atoms with van der Waals surface area (Å²) in [6.45, 7) is 11.7. The number of aliphatic imine (C=N–C) groups is 2. The Labute approximate surface area is 192 Å². The number of anilines is 1. The molecular formula is C21H31N7O5. The zero-order valence-electron chi connectivity index (χ0n) is 19.4. The first-order valence-corrected chi connectivity index (χ1v) is 10.4. The summed E-state index contributed by atoms with van der Waals surface area (Å²) in [6, 6.07) is -0.332. The van der Waals surface area contributed by atoms with Gasteiger partial charge in [-0.05, 0) is 34.4 Å². The molecule has 180 valence electrons. The van der Waals surface area contributed by atoms with Crippen molar-refractivity contribution in [3.05, 3.63) is 29.7 Å². The summed E-state index contributed by atoms with van der Waals surface area (Å²) in [7, 11) is 0. The summed E-state index contributed by atoms with van der Waals surface area (Å²) < 4.78 is 5.20. The first kappa shape index (κ1) is 25.7. The van der Waals surface area contributed by atoms with Crippen LogP contribution in [-0.2, 0) is 16.1 Å². The van der Waals surface area contributed by atoms with E-state index < -0.39 is 17.7 Å². The van der Waals surface area contributed by atoms with E-state index in [9.17, 15) is 14.7 Å². The third kappa shape index (κ3) is 7.83. The van der Waals surface area contributed by atoms with E-state index in [0.29, 0.717) is 31.1 Å². The Kier molecular flexibility index (Phi) is 8.85. The maximum absolute atomic E-state index is 11.8. The molecule has 0 aromatic carbocycles. The lowest BCUT2D eigenvalue weighted by Crippen LogP contribution is -2.56. The summed E-state index contributed by atoms with van der Waals surface area (Å²) in [5.74, 6) is -0.346. The number of piperazine rings is 1. The number of rotatable bonds is 6. The molecular weight excluding hydrogens is 430 g/mol. The molecule has 0 bridgehead atoms. The summed E-state index contributed by atoms with van der Waals surface area (Å²) in [6.07, 6.45) is 3.92. The number of aliphatic carboxylic acids is 1. The fourth-order valence-electron chi connectivity index (χ4n) is 2.96. The maximum atomic E-state index is 11.8. The van der Waals surface area contributed by atoms with Crippen LogP contribution in [0, 0.1) is 0 Å². The van der Waals surface area contributed by atoms with E-state index in [0.717, 1.165) is 0 Å². The third-order valence-corrected chi connectivity index (χ3v) is 4.61. The summed E-state index contributed by atoms with van der Waals surface area (Å²) >= 11 is 0. The van der Waals surface area contributed by atoms with E-state index in [-0.39, 0.29) is 30.7 Å². The third-order valence-electron chi connectivity index (χ3n) is 4.61. The standard InChI is InChI=1S/C21H31N7O5/c1-14(17(30)31)8-23-18(22-5)27-6-7-28(16(12-27)13-29)19-24-9-15(10-25-19)11-26-20(32)33-21(2,3)4/h8-10,16,29H,5-7,11-13H2,1-4H3,(H,26,32)(H,30,31)/b14-8+,23-18?. The number of hydrogen-bond donors (Lipinski definition) is 3. The minimum absolute atomic E-state index is 0.0724. The van der Waals surface area contributed by atoms with Crippen LogP contribution < -0.4 is 10.2 Å². The Morgan fingerprint density at radius 2 is 2.00 bits per heavy atom. The largest absolute Gasteiger partial charge is 0.478 e. The van der Waals surface area contributed by atoms with Crippen molar-refractivity contribution in [1.82, 2.24) is 20.2 Å². The van der Waals surface area contributed by atoms with Crippen molar-refractivity contribution >= 4 is 30.7 Å². The maximum Gasteiger partial charge on any atom is 0.407 e. The summed E-state index contributed by atoms with van der Waals surface area (Å²) in [5.41, 5.74) is 0.195. The number of hydrogen-bond acceptors (Lipinski definition) is 8. The van der Waals surface area contributed by atoms with Crippen LogP contribution in [0.5, 0.6) is 0 Å². The quantitative estimate of drug-likeness (QED) is 0.320. The van der Waals surface area contributed by atoms with Crippen LogP contribution in [0.15, 0.2) is 34.2 Å². The molecule has 1 fully saturated rings. The lowest BCUT2D eigenvalue weighted by atomic mass is 10.2. The number of ether oxygens (including phenoxy) is 1. The number of guanidine groups is 1. The highest BCUT2D eigenvalue weighted by Gasteiger charge is 2.29. The molecule has 0 saturated carbocycles. The van der Waals surface area contributed by atoms with Crippen molar-refractivity contribution in [2.24, 2.45) is 9.98 Å². The van der Waals surface area contributed by atoms with E-state index in [2.05, 4.69) is 32.0 Å². The second kappa shape index (κ2) is 11.4. The Morgan fingerprint density at radius 3 is 2.55 bits per heavy atom. The topological polar surface area (TPSA) is 153 Å². The highest BCUT2D eigenvalue weighted by atomic mass is 16.6. The molecule has 2 heterocycles. The first-order valence-electron chi connectivity index (χ1n) is 10.4. The van der Waals surface area contributed by atoms with Crippen LogP contribution in [0.2, 0.25) is 0 Å². The normalized spacial score (nSPS) is 17.5. The highest BCUT2D eigenvalue weighted by molar-refractivity contribution is 5.88. The molecule has 33 heavy (non-hydrogen) atoms. The number of carboxylic acids is 1. The van der Waals surface area contributed by atoms with Gasteiger partial charge in [0.25, 0.3) is 0 Å². The van der Waals surface area contributed by atoms with Gasteiger partial charge in [-0.3, -0.25) is 0 Å². The van der Waals surface area contributed by atoms with Gasteiger partial charge in [0.2, 0.25) is 11.9 Å². The molecule has 0 spiro atoms. The van der Waals surface area contributed by atoms with Crippen LogP contribution in [0.25, 0.3) is 0 Å². The SMILES string of the molecule is C=NC(=N/C=C(\C)C(=O)O)N1CCN(c2ncc(CNC(=O)OC(C)(C)C)cn2)C(CO)C1. The minimum atomic E-state index is -1.07. The number of alkyl carbamates (subject to hydrolysis) is 1. The van der Waals surface area contributed by atoms with Crippen LogP contribution in [-0.4, -0.2) is 87.7 Å². The molecule has 1 aromatic heterocycles. The van der Waals surface area contributed by atoms with Crippen molar-refractivity contribution in [1.29, 1.82) is 0 Å². The monoisotopic (exact) mass is 461 g/mol. The average Bonchev–Trinajstić information content (AvgIpc) is 2.77. The first-order chi connectivity index (χ1) is 15.5. The molecule has 0 aliphatic carbocycles. The number of carboxylic acid groups (broad SMARTS) is 1. The zero-order valence-corrected chi connectivity index (χ0v) is 19.4. The molecule has 1 amide bonds. The van der Waals surface area contributed by atoms with Gasteiger partial charge in [-0.25, -0.2) is 29.5 Å². The Balaban J connectivity index is 2.02. The summed E-state index contributed by atoms with van der Waals surface area (Å²) in [4.78, 5) is 43.2. The number of amides is 1. The van der Waals surface area contributed by atoms with Crippen LogP contribution in [0.4, 0.5) is 10.7 Å². The van der Waals surface area contributed by atoms with E-state index in [1.165, 1.54) is 13.1 Å². The average molecular weight is 462 g/mol. The number of aromatic nitrogens is 2. The van der Waals surface area contributed by atoms with Gasteiger partial charge < -0.3 is 30.1 Å². The predicted molar refractivity (Wildman–Crippen MR) is 123 cm³/mol. The number of carbonyl (C=O) groups is 2. The molecule has 1 aliphatic rings. The van der Waals surface area contributed by atoms with E-state index in [1.807, 2.05) is 9.80 Å². The van der Waals surface area contributed by atoms with Gasteiger partial charge in [-0.2, -0.15) is 0 Å². The van der Waals surface area contributed by atoms with Crippen LogP contribution in [0.3, 0.4) is 0 Å². The molecule has 0 radical (unpaired) electrons. The van der Waals surface area contributed by atoms with Gasteiger partial charge in [0.15, 0.2) is 0 Å². The molecule has 3 N–H and O–H groups in total. The fraction of sp³-hybridized carbons (Fsp3) is 0.524. The zero-order chi connectivity index (χ0) is 24.6. The second-order valence-electron chi connectivity index (χ2n) is 8.43. The lowest BCUT2D eigenvalue weighted by molar-refractivity contribution is -0.132. The Morgan fingerprint density at radius 1 is 1.33 bits per heavy atom. The molecule has 1 saturated heterocycles. The molecule has 1 aromatic rings. The molecule has 1 unspecified atom stereocenters. The molecule has 1 atom stereocenters. The summed E-state index contributed by atoms with van der Waals surface area (Å²) in [5, 5.41) is 21.5. The number of aliphatic hydroxyl groups excluding tert-OH is 1. The fourth-order valence-corrected chi connectivity index (χ4v) is 2.96. The molecule has 1 aliphatic heterocycles. The molecule has 2 rings (SSSR count). The predicted octanol–water partition coefficient (Wildman–Crippen LogP) is 1.03. The van der Waals surface area contributed by atoms with E-state index in [4.69, 9.17) is 9.84 Å². The second-order valence-corrected chi connectivity index (χ2v) is 8.43. The van der Waals surface area contributed by atoms with Crippen molar-refractivity contribution < 1.29 is 24.5 Å². The van der Waals surface area contributed by atoms with E-state index >= 15 is 0 Å². The van der Waals surface area contributed by atoms with E-state index in [1.54, 1.807) is 33.2 Å². The lowest BCUT2D eigenvalue weighted by Gasteiger charge is -2.40. The van der Waals surface area contributed by atoms with Gasteiger partial charge >= 0.3 is 12.1 Å². The molecule has 12 nitrogen and oxygen atoms in total. The smallest absolute Gasteiger partial charge is 0.407 e. The van der Waals surface area contributed by atoms with Crippen LogP contribution in [0.1, 0.15) is 33.3 Å². The van der Waals surface area contributed by atoms with Crippen molar-refractivity contribution in [2.45, 2.75) is 45.9 Å².